The monoisotopic (exact) mass is 195 g/mol. The smallest absolute Gasteiger partial charge is 0.0555 e. The predicted molar refractivity (Wildman–Crippen MR) is 58.0 cm³/mol. The Labute approximate surface area is 86.6 Å². The second-order valence-electron chi connectivity index (χ2n) is 5.30. The third-order valence-electron chi connectivity index (χ3n) is 4.20. The molecule has 2 rings (SSSR count). The van der Waals surface area contributed by atoms with Gasteiger partial charge in [-0.15, -0.1) is 0 Å². The number of fused-ring (bicyclic) bond motifs is 2. The van der Waals surface area contributed by atoms with Crippen LogP contribution in [0.2, 0.25) is 0 Å². The van der Waals surface area contributed by atoms with Gasteiger partial charge in [0.05, 0.1) is 6.10 Å². The van der Waals surface area contributed by atoms with E-state index >= 15 is 0 Å². The molecule has 0 radical (unpaired) electrons. The van der Waals surface area contributed by atoms with Crippen molar-refractivity contribution in [3.63, 3.8) is 0 Å². The van der Waals surface area contributed by atoms with E-state index in [1.54, 1.807) is 0 Å². The lowest BCUT2D eigenvalue weighted by atomic mass is 9.65. The average Bonchev–Trinajstić information content (AvgIpc) is 2.11. The lowest BCUT2D eigenvalue weighted by Crippen LogP contribution is -2.54. The number of aliphatic hydroxyl groups is 1. The minimum Gasteiger partial charge on any atom is -0.393 e. The van der Waals surface area contributed by atoms with Gasteiger partial charge in [-0.05, 0) is 12.8 Å². The van der Waals surface area contributed by atoms with Gasteiger partial charge in [0.2, 0.25) is 0 Å². The maximum atomic E-state index is 9.77. The van der Waals surface area contributed by atoms with E-state index in [-0.39, 0.29) is 11.5 Å². The SMILES string of the molecule is CC(O)C1CN2CC=CC(C)(C2)C1C. The molecule has 2 nitrogen and oxygen atoms in total. The predicted octanol–water partition coefficient (Wildman–Crippen LogP) is 1.51. The molecule has 5 atom stereocenters. The number of hydrogen-bond acceptors (Lipinski definition) is 2. The Morgan fingerprint density at radius 1 is 1.57 bits per heavy atom. The Kier molecular flexibility index (Phi) is 2.44. The molecule has 0 spiro atoms. The van der Waals surface area contributed by atoms with Crippen molar-refractivity contribution in [3.05, 3.63) is 12.2 Å². The van der Waals surface area contributed by atoms with Crippen LogP contribution < -0.4 is 0 Å². The highest BCUT2D eigenvalue weighted by Gasteiger charge is 2.43. The molecule has 1 N–H and O–H groups in total. The van der Waals surface area contributed by atoms with Gasteiger partial charge >= 0.3 is 0 Å². The van der Waals surface area contributed by atoms with Crippen LogP contribution in [0.5, 0.6) is 0 Å². The molecule has 2 heterocycles. The highest BCUT2D eigenvalue weighted by atomic mass is 16.3. The summed E-state index contributed by atoms with van der Waals surface area (Å²) in [7, 11) is 0. The fourth-order valence-electron chi connectivity index (χ4n) is 3.02. The molecule has 2 aliphatic heterocycles. The molecule has 2 aliphatic rings. The maximum absolute atomic E-state index is 9.77. The Balaban J connectivity index is 2.24. The number of hydrogen-bond donors (Lipinski definition) is 1. The molecule has 2 heteroatoms. The van der Waals surface area contributed by atoms with E-state index in [1.165, 1.54) is 0 Å². The molecule has 1 fully saturated rings. The molecule has 0 saturated carbocycles. The third-order valence-corrected chi connectivity index (χ3v) is 4.20. The van der Waals surface area contributed by atoms with E-state index in [1.807, 2.05) is 6.92 Å². The summed E-state index contributed by atoms with van der Waals surface area (Å²) >= 11 is 0. The molecule has 0 amide bonds. The van der Waals surface area contributed by atoms with Gasteiger partial charge < -0.3 is 5.11 Å². The number of rotatable bonds is 1. The minimum absolute atomic E-state index is 0.182. The van der Waals surface area contributed by atoms with Crippen molar-refractivity contribution in [3.8, 4) is 0 Å². The summed E-state index contributed by atoms with van der Waals surface area (Å²) in [4.78, 5) is 2.46. The highest BCUT2D eigenvalue weighted by Crippen LogP contribution is 2.42. The minimum atomic E-state index is -0.182. The van der Waals surface area contributed by atoms with Crippen LogP contribution in [0, 0.1) is 17.3 Å². The van der Waals surface area contributed by atoms with Gasteiger partial charge in [-0.2, -0.15) is 0 Å². The largest absolute Gasteiger partial charge is 0.393 e. The fourth-order valence-corrected chi connectivity index (χ4v) is 3.02. The zero-order chi connectivity index (χ0) is 10.3. The van der Waals surface area contributed by atoms with Crippen molar-refractivity contribution >= 4 is 0 Å². The van der Waals surface area contributed by atoms with Crippen molar-refractivity contribution in [1.82, 2.24) is 4.90 Å². The van der Waals surface area contributed by atoms with E-state index in [4.69, 9.17) is 0 Å². The van der Waals surface area contributed by atoms with Gasteiger partial charge in [0.25, 0.3) is 0 Å². The molecule has 2 bridgehead atoms. The first-order chi connectivity index (χ1) is 6.53. The molecule has 0 aromatic carbocycles. The summed E-state index contributed by atoms with van der Waals surface area (Å²) in [5.41, 5.74) is 0.276. The summed E-state index contributed by atoms with van der Waals surface area (Å²) in [6.07, 6.45) is 4.44. The van der Waals surface area contributed by atoms with Crippen LogP contribution in [0.15, 0.2) is 12.2 Å². The van der Waals surface area contributed by atoms with Crippen molar-refractivity contribution < 1.29 is 5.11 Å². The van der Waals surface area contributed by atoms with Gasteiger partial charge in [0, 0.05) is 31.0 Å². The fraction of sp³-hybridized carbons (Fsp3) is 0.833. The van der Waals surface area contributed by atoms with Gasteiger partial charge in [0.1, 0.15) is 0 Å². The van der Waals surface area contributed by atoms with Crippen LogP contribution in [0.1, 0.15) is 20.8 Å². The summed E-state index contributed by atoms with van der Waals surface area (Å²) in [6.45, 7) is 9.80. The molecule has 0 aliphatic carbocycles. The molecular formula is C12H21NO. The van der Waals surface area contributed by atoms with Crippen molar-refractivity contribution in [1.29, 1.82) is 0 Å². The van der Waals surface area contributed by atoms with E-state index in [0.717, 1.165) is 19.6 Å². The highest BCUT2D eigenvalue weighted by molar-refractivity contribution is 5.11. The van der Waals surface area contributed by atoms with Gasteiger partial charge in [-0.3, -0.25) is 4.90 Å². The summed E-state index contributed by atoms with van der Waals surface area (Å²) in [5.74, 6) is 1.01. The first-order valence-corrected chi connectivity index (χ1v) is 5.61. The maximum Gasteiger partial charge on any atom is 0.0555 e. The molecular weight excluding hydrogens is 174 g/mol. The Morgan fingerprint density at radius 3 is 2.93 bits per heavy atom. The Bertz CT molecular complexity index is 249. The topological polar surface area (TPSA) is 23.5 Å². The molecule has 0 aromatic heterocycles. The van der Waals surface area contributed by atoms with Gasteiger partial charge in [-0.1, -0.05) is 26.0 Å². The second-order valence-corrected chi connectivity index (χ2v) is 5.30. The first kappa shape index (κ1) is 10.2. The Hall–Kier alpha value is -0.340. The van der Waals surface area contributed by atoms with Crippen molar-refractivity contribution in [2.24, 2.45) is 17.3 Å². The van der Waals surface area contributed by atoms with Crippen LogP contribution >= 0.6 is 0 Å². The number of piperidine rings is 1. The number of aliphatic hydroxyl groups excluding tert-OH is 1. The van der Waals surface area contributed by atoms with Gasteiger partial charge in [0.15, 0.2) is 0 Å². The lowest BCUT2D eigenvalue weighted by molar-refractivity contribution is -0.0281. The summed E-state index contributed by atoms with van der Waals surface area (Å²) in [5, 5.41) is 9.77. The van der Waals surface area contributed by atoms with E-state index < -0.39 is 0 Å². The van der Waals surface area contributed by atoms with Crippen LogP contribution in [-0.2, 0) is 0 Å². The zero-order valence-electron chi connectivity index (χ0n) is 9.40. The third kappa shape index (κ3) is 1.51. The van der Waals surface area contributed by atoms with Crippen LogP contribution in [0.25, 0.3) is 0 Å². The van der Waals surface area contributed by atoms with Crippen molar-refractivity contribution in [2.45, 2.75) is 26.9 Å². The standard InChI is InChI=1S/C12H21NO/c1-9-11(10(2)14)7-13-6-4-5-12(9,3)8-13/h4-5,9-11,14H,6-8H2,1-3H3. The van der Waals surface area contributed by atoms with Crippen LogP contribution in [0.3, 0.4) is 0 Å². The van der Waals surface area contributed by atoms with Crippen LogP contribution in [-0.4, -0.2) is 35.7 Å². The normalized spacial score (nSPS) is 49.0. The van der Waals surface area contributed by atoms with E-state index in [0.29, 0.717) is 11.8 Å². The first-order valence-electron chi connectivity index (χ1n) is 5.61. The van der Waals surface area contributed by atoms with Gasteiger partial charge in [-0.25, -0.2) is 0 Å². The zero-order valence-corrected chi connectivity index (χ0v) is 9.40. The lowest BCUT2D eigenvalue weighted by Gasteiger charge is -2.51. The molecule has 5 unspecified atom stereocenters. The molecule has 0 aromatic rings. The Morgan fingerprint density at radius 2 is 2.29 bits per heavy atom. The van der Waals surface area contributed by atoms with E-state index in [2.05, 4.69) is 30.9 Å². The summed E-state index contributed by atoms with van der Waals surface area (Å²) < 4.78 is 0. The molecule has 14 heavy (non-hydrogen) atoms. The van der Waals surface area contributed by atoms with Crippen LogP contribution in [0.4, 0.5) is 0 Å². The van der Waals surface area contributed by atoms with E-state index in [9.17, 15) is 5.11 Å². The quantitative estimate of drug-likeness (QED) is 0.641. The second kappa shape index (κ2) is 3.35. The number of nitrogens with zero attached hydrogens (tertiary/aromatic N) is 1. The van der Waals surface area contributed by atoms with Crippen molar-refractivity contribution in [2.75, 3.05) is 19.6 Å². The summed E-state index contributed by atoms with van der Waals surface area (Å²) in [6, 6.07) is 0. The average molecular weight is 195 g/mol. The molecule has 1 saturated heterocycles. The molecule has 80 valence electrons.